The third-order valence-electron chi connectivity index (χ3n) is 3.05. The van der Waals surface area contributed by atoms with Gasteiger partial charge in [0.15, 0.2) is 18.2 Å². The summed E-state index contributed by atoms with van der Waals surface area (Å²) in [5.41, 5.74) is -2.93. The molecule has 0 amide bonds. The van der Waals surface area contributed by atoms with Crippen LogP contribution in [-0.2, 0) is 4.74 Å². The van der Waals surface area contributed by atoms with Crippen molar-refractivity contribution in [1.29, 1.82) is 0 Å². The number of aliphatic hydroxyl groups excluding tert-OH is 1. The molecule has 106 valence electrons. The molecular formula is C10H12F2N2O4S. The maximum Gasteiger partial charge on any atom is 0.328 e. The lowest BCUT2D eigenvalue weighted by atomic mass is 9.98. The van der Waals surface area contributed by atoms with Crippen molar-refractivity contribution < 1.29 is 23.7 Å². The average molecular weight is 294 g/mol. The second-order valence-electron chi connectivity index (χ2n) is 4.48. The zero-order chi connectivity index (χ0) is 14.4. The smallest absolute Gasteiger partial charge is 0.328 e. The lowest BCUT2D eigenvalue weighted by molar-refractivity contribution is -0.0936. The van der Waals surface area contributed by atoms with Gasteiger partial charge in [-0.25, -0.2) is 13.6 Å². The van der Waals surface area contributed by atoms with E-state index in [2.05, 4.69) is 12.2 Å². The molecule has 0 radical (unpaired) electrons. The van der Waals surface area contributed by atoms with Crippen LogP contribution in [0.25, 0.3) is 0 Å². The summed E-state index contributed by atoms with van der Waals surface area (Å²) in [6, 6.07) is 0. The molecule has 0 spiro atoms. The lowest BCUT2D eigenvalue weighted by Crippen LogP contribution is -2.44. The van der Waals surface area contributed by atoms with E-state index < -0.39 is 46.9 Å². The monoisotopic (exact) mass is 294 g/mol. The van der Waals surface area contributed by atoms with Gasteiger partial charge in [-0.1, -0.05) is 12.2 Å². The second-order valence-corrected chi connectivity index (χ2v) is 4.89. The molecule has 0 saturated carbocycles. The SMILES string of the molecule is CC1(O)C(F)C(CO)OC1n1cc(F)c(=S)[nH]c1=O. The fourth-order valence-electron chi connectivity index (χ4n) is 2.00. The molecule has 1 aliphatic heterocycles. The molecule has 3 N–H and O–H groups in total. The lowest BCUT2D eigenvalue weighted by Gasteiger charge is -2.26. The Morgan fingerprint density at radius 1 is 1.68 bits per heavy atom. The molecule has 0 aromatic carbocycles. The molecule has 4 unspecified atom stereocenters. The predicted molar refractivity (Wildman–Crippen MR) is 62.4 cm³/mol. The Balaban J connectivity index is 2.51. The zero-order valence-electron chi connectivity index (χ0n) is 9.84. The third kappa shape index (κ3) is 2.22. The number of rotatable bonds is 2. The van der Waals surface area contributed by atoms with Gasteiger partial charge in [-0.05, 0) is 6.92 Å². The van der Waals surface area contributed by atoms with Crippen molar-refractivity contribution in [2.45, 2.75) is 31.0 Å². The molecule has 0 aliphatic carbocycles. The van der Waals surface area contributed by atoms with Crippen molar-refractivity contribution >= 4 is 12.2 Å². The van der Waals surface area contributed by atoms with Gasteiger partial charge in [0.1, 0.15) is 16.3 Å². The van der Waals surface area contributed by atoms with Gasteiger partial charge in [0.25, 0.3) is 0 Å². The molecule has 4 atom stereocenters. The highest BCUT2D eigenvalue weighted by Crippen LogP contribution is 2.39. The first-order chi connectivity index (χ1) is 8.78. The van der Waals surface area contributed by atoms with E-state index in [4.69, 9.17) is 9.84 Å². The Labute approximate surface area is 111 Å². The van der Waals surface area contributed by atoms with Crippen LogP contribution in [0.2, 0.25) is 0 Å². The summed E-state index contributed by atoms with van der Waals surface area (Å²) in [4.78, 5) is 13.7. The summed E-state index contributed by atoms with van der Waals surface area (Å²) in [5.74, 6) is -0.906. The van der Waals surface area contributed by atoms with E-state index >= 15 is 0 Å². The molecule has 2 heterocycles. The Hall–Kier alpha value is -1.16. The molecular weight excluding hydrogens is 282 g/mol. The molecule has 2 rings (SSSR count). The number of alkyl halides is 1. The largest absolute Gasteiger partial charge is 0.394 e. The average Bonchev–Trinajstić information content (AvgIpc) is 2.56. The molecule has 0 bridgehead atoms. The third-order valence-corrected chi connectivity index (χ3v) is 3.34. The normalized spacial score (nSPS) is 34.7. The van der Waals surface area contributed by atoms with E-state index in [0.717, 1.165) is 13.1 Å². The number of hydrogen-bond acceptors (Lipinski definition) is 5. The topological polar surface area (TPSA) is 87.5 Å². The first-order valence-electron chi connectivity index (χ1n) is 5.42. The number of aromatic nitrogens is 2. The fraction of sp³-hybridized carbons (Fsp3) is 0.600. The second kappa shape index (κ2) is 4.75. The van der Waals surface area contributed by atoms with Crippen molar-refractivity contribution in [3.8, 4) is 0 Å². The molecule has 6 nitrogen and oxygen atoms in total. The minimum absolute atomic E-state index is 0.394. The molecule has 1 saturated heterocycles. The van der Waals surface area contributed by atoms with Crippen LogP contribution in [0.4, 0.5) is 8.78 Å². The first-order valence-corrected chi connectivity index (χ1v) is 5.83. The van der Waals surface area contributed by atoms with Crippen LogP contribution >= 0.6 is 12.2 Å². The van der Waals surface area contributed by atoms with Gasteiger partial charge in [-0.3, -0.25) is 9.55 Å². The molecule has 19 heavy (non-hydrogen) atoms. The van der Waals surface area contributed by atoms with Gasteiger partial charge in [0.2, 0.25) is 0 Å². The zero-order valence-corrected chi connectivity index (χ0v) is 10.7. The fourth-order valence-corrected chi connectivity index (χ4v) is 2.14. The first kappa shape index (κ1) is 14.3. The number of ether oxygens (including phenoxy) is 1. The van der Waals surface area contributed by atoms with Crippen molar-refractivity contribution in [3.63, 3.8) is 0 Å². The summed E-state index contributed by atoms with van der Waals surface area (Å²) in [6.45, 7) is 0.428. The minimum Gasteiger partial charge on any atom is -0.394 e. The van der Waals surface area contributed by atoms with Crippen LogP contribution in [0.3, 0.4) is 0 Å². The van der Waals surface area contributed by atoms with Crippen LogP contribution in [0.15, 0.2) is 11.0 Å². The van der Waals surface area contributed by atoms with Crippen LogP contribution in [0.5, 0.6) is 0 Å². The van der Waals surface area contributed by atoms with E-state index in [1.165, 1.54) is 0 Å². The number of hydrogen-bond donors (Lipinski definition) is 3. The number of halogens is 2. The molecule has 1 aromatic rings. The summed E-state index contributed by atoms with van der Waals surface area (Å²) in [5, 5.41) is 19.0. The Morgan fingerprint density at radius 3 is 2.84 bits per heavy atom. The summed E-state index contributed by atoms with van der Waals surface area (Å²) >= 11 is 4.54. The molecule has 1 aromatic heterocycles. The van der Waals surface area contributed by atoms with Gasteiger partial charge in [0.05, 0.1) is 12.8 Å². The summed E-state index contributed by atoms with van der Waals surface area (Å²) in [6.07, 6.45) is -3.94. The quantitative estimate of drug-likeness (QED) is 0.670. The molecule has 1 aliphatic rings. The number of aromatic amines is 1. The van der Waals surface area contributed by atoms with Gasteiger partial charge in [-0.15, -0.1) is 0 Å². The van der Waals surface area contributed by atoms with E-state index in [1.807, 2.05) is 4.98 Å². The number of aliphatic hydroxyl groups is 2. The van der Waals surface area contributed by atoms with Crippen molar-refractivity contribution in [1.82, 2.24) is 9.55 Å². The van der Waals surface area contributed by atoms with Gasteiger partial charge >= 0.3 is 5.69 Å². The van der Waals surface area contributed by atoms with Gasteiger partial charge in [-0.2, -0.15) is 0 Å². The standard InChI is InChI=1S/C10H12F2N2O4S/c1-10(17)6(12)5(3-15)18-8(10)14-2-4(11)7(19)13-9(14)16/h2,5-6,8,15,17H,3H2,1H3,(H,13,16,19). The van der Waals surface area contributed by atoms with Crippen LogP contribution in [-0.4, -0.2) is 44.2 Å². The van der Waals surface area contributed by atoms with E-state index in [-0.39, 0.29) is 0 Å². The van der Waals surface area contributed by atoms with E-state index in [9.17, 15) is 18.7 Å². The Morgan fingerprint density at radius 2 is 2.32 bits per heavy atom. The maximum atomic E-state index is 13.8. The maximum absolute atomic E-state index is 13.8. The van der Waals surface area contributed by atoms with Crippen LogP contribution < -0.4 is 5.69 Å². The summed E-state index contributed by atoms with van der Waals surface area (Å²) in [7, 11) is 0. The van der Waals surface area contributed by atoms with Crippen molar-refractivity contribution in [3.05, 3.63) is 27.1 Å². The molecule has 1 fully saturated rings. The van der Waals surface area contributed by atoms with Gasteiger partial charge in [0, 0.05) is 0 Å². The highest BCUT2D eigenvalue weighted by atomic mass is 32.1. The van der Waals surface area contributed by atoms with E-state index in [0.29, 0.717) is 4.57 Å². The Kier molecular flexibility index (Phi) is 3.56. The predicted octanol–water partition coefficient (Wildman–Crippen LogP) is 0.0238. The van der Waals surface area contributed by atoms with E-state index in [1.54, 1.807) is 0 Å². The van der Waals surface area contributed by atoms with Crippen molar-refractivity contribution in [2.75, 3.05) is 6.61 Å². The Bertz CT molecular complexity index is 600. The highest BCUT2D eigenvalue weighted by Gasteiger charge is 2.54. The number of nitrogens with one attached hydrogen (secondary N) is 1. The molecule has 9 heteroatoms. The van der Waals surface area contributed by atoms with Crippen molar-refractivity contribution in [2.24, 2.45) is 0 Å². The van der Waals surface area contributed by atoms with Gasteiger partial charge < -0.3 is 14.9 Å². The number of nitrogens with zero attached hydrogens (tertiary/aromatic N) is 1. The van der Waals surface area contributed by atoms with Crippen LogP contribution in [0.1, 0.15) is 13.2 Å². The minimum atomic E-state index is -2.08. The highest BCUT2D eigenvalue weighted by molar-refractivity contribution is 7.71. The van der Waals surface area contributed by atoms with Crippen LogP contribution in [0, 0.1) is 10.5 Å². The number of H-pyrrole nitrogens is 1. The summed E-state index contributed by atoms with van der Waals surface area (Å²) < 4.78 is 32.6.